The van der Waals surface area contributed by atoms with Crippen molar-refractivity contribution >= 4 is 17.2 Å². The molecular weight excluding hydrogens is 372 g/mol. The van der Waals surface area contributed by atoms with E-state index in [9.17, 15) is 0 Å². The first-order chi connectivity index (χ1) is 14.6. The Hall–Kier alpha value is -3.43. The lowest BCUT2D eigenvalue weighted by Gasteiger charge is -2.25. The highest BCUT2D eigenvalue weighted by Gasteiger charge is 2.27. The van der Waals surface area contributed by atoms with Gasteiger partial charge in [0.25, 0.3) is 0 Å². The predicted molar refractivity (Wildman–Crippen MR) is 120 cm³/mol. The van der Waals surface area contributed by atoms with Crippen molar-refractivity contribution in [3.63, 3.8) is 0 Å². The number of nitriles is 1. The fraction of sp³-hybridized carbons (Fsp3) is 0.292. The first-order valence-electron chi connectivity index (χ1n) is 10.2. The van der Waals surface area contributed by atoms with Crippen molar-refractivity contribution < 1.29 is 0 Å². The quantitative estimate of drug-likeness (QED) is 0.660. The molecular formula is C24H26N6. The molecule has 152 valence electrons. The Labute approximate surface area is 177 Å². The third kappa shape index (κ3) is 4.58. The summed E-state index contributed by atoms with van der Waals surface area (Å²) in [6.45, 7) is 2.01. The van der Waals surface area contributed by atoms with Crippen molar-refractivity contribution in [1.29, 1.82) is 5.26 Å². The van der Waals surface area contributed by atoms with Crippen molar-refractivity contribution in [2.75, 3.05) is 30.9 Å². The van der Waals surface area contributed by atoms with Gasteiger partial charge in [0.05, 0.1) is 23.6 Å². The van der Waals surface area contributed by atoms with Gasteiger partial charge in [-0.3, -0.25) is 4.90 Å². The third-order valence-electron chi connectivity index (χ3n) is 5.46. The fourth-order valence-corrected chi connectivity index (χ4v) is 3.87. The molecule has 3 aromatic rings. The van der Waals surface area contributed by atoms with E-state index in [0.29, 0.717) is 11.7 Å². The van der Waals surface area contributed by atoms with Gasteiger partial charge in [0.15, 0.2) is 0 Å². The van der Waals surface area contributed by atoms with E-state index in [1.807, 2.05) is 24.3 Å². The lowest BCUT2D eigenvalue weighted by atomic mass is 10.1. The summed E-state index contributed by atoms with van der Waals surface area (Å²) in [5, 5.41) is 12.2. The molecule has 1 saturated heterocycles. The highest BCUT2D eigenvalue weighted by Crippen LogP contribution is 2.33. The van der Waals surface area contributed by atoms with Gasteiger partial charge in [-0.05, 0) is 61.3 Å². The van der Waals surface area contributed by atoms with Crippen LogP contribution in [0.2, 0.25) is 0 Å². The van der Waals surface area contributed by atoms with E-state index in [2.05, 4.69) is 64.5 Å². The average Bonchev–Trinajstić information content (AvgIpc) is 3.23. The van der Waals surface area contributed by atoms with E-state index in [1.165, 1.54) is 17.7 Å². The summed E-state index contributed by atoms with van der Waals surface area (Å²) in [4.78, 5) is 13.6. The first kappa shape index (κ1) is 19.9. The average molecular weight is 399 g/mol. The summed E-state index contributed by atoms with van der Waals surface area (Å²) in [5.74, 6) is 0.793. The first-order valence-corrected chi connectivity index (χ1v) is 10.2. The fourth-order valence-electron chi connectivity index (χ4n) is 3.87. The number of anilines is 3. The summed E-state index contributed by atoms with van der Waals surface area (Å²) in [6, 6.07) is 20.8. The van der Waals surface area contributed by atoms with Gasteiger partial charge in [-0.1, -0.05) is 18.2 Å². The summed E-state index contributed by atoms with van der Waals surface area (Å²) in [7, 11) is 4.12. The topological polar surface area (TPSA) is 68.1 Å². The molecule has 0 aliphatic carbocycles. The molecule has 30 heavy (non-hydrogen) atoms. The molecule has 1 aromatic carbocycles. The van der Waals surface area contributed by atoms with Crippen LogP contribution >= 0.6 is 0 Å². The molecule has 0 radical (unpaired) electrons. The second-order valence-corrected chi connectivity index (χ2v) is 7.81. The van der Waals surface area contributed by atoms with E-state index >= 15 is 0 Å². The van der Waals surface area contributed by atoms with Gasteiger partial charge in [-0.25, -0.2) is 9.97 Å². The second kappa shape index (κ2) is 8.93. The number of nitrogens with one attached hydrogen (secondary N) is 1. The molecule has 6 nitrogen and oxygen atoms in total. The van der Waals surface area contributed by atoms with E-state index in [0.717, 1.165) is 36.7 Å². The van der Waals surface area contributed by atoms with Crippen LogP contribution in [-0.4, -0.2) is 35.5 Å². The lowest BCUT2D eigenvalue weighted by molar-refractivity contribution is 0.244. The molecule has 1 atom stereocenters. The summed E-state index contributed by atoms with van der Waals surface area (Å²) in [5.41, 5.74) is 4.86. The van der Waals surface area contributed by atoms with Gasteiger partial charge >= 0.3 is 0 Å². The van der Waals surface area contributed by atoms with Crippen LogP contribution in [0.3, 0.4) is 0 Å². The van der Waals surface area contributed by atoms with Crippen LogP contribution in [0, 0.1) is 11.3 Å². The molecule has 1 fully saturated rings. The minimum absolute atomic E-state index is 0.319. The van der Waals surface area contributed by atoms with Gasteiger partial charge < -0.3 is 10.2 Å². The van der Waals surface area contributed by atoms with Gasteiger partial charge in [-0.15, -0.1) is 0 Å². The van der Waals surface area contributed by atoms with Gasteiger partial charge in [0.2, 0.25) is 0 Å². The Balaban J connectivity index is 1.47. The standard InChI is InChI=1S/C24H26N6/c1-29(2)21-12-8-18(9-13-21)17-30-14-4-6-23(30)22-5-3-7-24(28-22)27-20-11-10-19(15-25)26-16-20/h3,5,7-13,16,23H,4,6,14,17H2,1-2H3,(H,27,28)/t23-/m1/s1. The van der Waals surface area contributed by atoms with Crippen LogP contribution in [0.1, 0.15) is 35.8 Å². The maximum Gasteiger partial charge on any atom is 0.140 e. The Kier molecular flexibility index (Phi) is 5.92. The highest BCUT2D eigenvalue weighted by atomic mass is 15.2. The molecule has 0 amide bonds. The SMILES string of the molecule is CN(C)c1ccc(CN2CCC[C@@H]2c2cccc(Nc3ccc(C#N)nc3)n2)cc1. The van der Waals surface area contributed by atoms with Crippen LogP contribution < -0.4 is 10.2 Å². The molecule has 3 heterocycles. The predicted octanol–water partition coefficient (Wildman–Crippen LogP) is 4.49. The number of pyridine rings is 2. The molecule has 1 aliphatic rings. The Morgan fingerprint density at radius 2 is 1.97 bits per heavy atom. The zero-order valence-electron chi connectivity index (χ0n) is 17.4. The van der Waals surface area contributed by atoms with Gasteiger partial charge in [0.1, 0.15) is 17.6 Å². The lowest BCUT2D eigenvalue weighted by Crippen LogP contribution is -2.23. The normalized spacial score (nSPS) is 16.2. The minimum atomic E-state index is 0.319. The Morgan fingerprint density at radius 3 is 2.67 bits per heavy atom. The molecule has 0 spiro atoms. The van der Waals surface area contributed by atoms with Crippen LogP contribution in [-0.2, 0) is 6.54 Å². The second-order valence-electron chi connectivity index (χ2n) is 7.81. The van der Waals surface area contributed by atoms with Crippen molar-refractivity contribution in [2.45, 2.75) is 25.4 Å². The third-order valence-corrected chi connectivity index (χ3v) is 5.46. The molecule has 1 aliphatic heterocycles. The minimum Gasteiger partial charge on any atom is -0.378 e. The number of likely N-dealkylation sites (tertiary alicyclic amines) is 1. The van der Waals surface area contributed by atoms with Crippen LogP contribution in [0.25, 0.3) is 0 Å². The Morgan fingerprint density at radius 1 is 1.13 bits per heavy atom. The van der Waals surface area contributed by atoms with Crippen molar-refractivity contribution in [3.05, 3.63) is 77.7 Å². The molecule has 0 saturated carbocycles. The summed E-state index contributed by atoms with van der Waals surface area (Å²) >= 11 is 0. The van der Waals surface area contributed by atoms with E-state index in [-0.39, 0.29) is 0 Å². The van der Waals surface area contributed by atoms with Crippen molar-refractivity contribution in [2.24, 2.45) is 0 Å². The number of rotatable bonds is 6. The van der Waals surface area contributed by atoms with Gasteiger partial charge in [0, 0.05) is 26.3 Å². The summed E-state index contributed by atoms with van der Waals surface area (Å²) < 4.78 is 0. The molecule has 6 heteroatoms. The maximum absolute atomic E-state index is 8.89. The Bertz CT molecular complexity index is 1020. The molecule has 0 bridgehead atoms. The van der Waals surface area contributed by atoms with Crippen LogP contribution in [0.4, 0.5) is 17.2 Å². The van der Waals surface area contributed by atoms with Crippen LogP contribution in [0.15, 0.2) is 60.8 Å². The summed E-state index contributed by atoms with van der Waals surface area (Å²) in [6.07, 6.45) is 3.95. The van der Waals surface area contributed by atoms with Gasteiger partial charge in [-0.2, -0.15) is 5.26 Å². The molecule has 2 aromatic heterocycles. The van der Waals surface area contributed by atoms with E-state index < -0.39 is 0 Å². The number of hydrogen-bond donors (Lipinski definition) is 1. The smallest absolute Gasteiger partial charge is 0.140 e. The largest absolute Gasteiger partial charge is 0.378 e. The van der Waals surface area contributed by atoms with E-state index in [1.54, 1.807) is 12.3 Å². The monoisotopic (exact) mass is 398 g/mol. The van der Waals surface area contributed by atoms with Crippen LogP contribution in [0.5, 0.6) is 0 Å². The number of aromatic nitrogens is 2. The van der Waals surface area contributed by atoms with Crippen molar-refractivity contribution in [3.8, 4) is 6.07 Å². The zero-order valence-corrected chi connectivity index (χ0v) is 17.4. The molecule has 0 unspecified atom stereocenters. The van der Waals surface area contributed by atoms with E-state index in [4.69, 9.17) is 10.2 Å². The zero-order chi connectivity index (χ0) is 20.9. The number of hydrogen-bond acceptors (Lipinski definition) is 6. The number of benzene rings is 1. The van der Waals surface area contributed by atoms with Crippen molar-refractivity contribution in [1.82, 2.24) is 14.9 Å². The molecule has 1 N–H and O–H groups in total. The number of nitrogens with zero attached hydrogens (tertiary/aromatic N) is 5. The molecule has 4 rings (SSSR count). The maximum atomic E-state index is 8.89. The highest BCUT2D eigenvalue weighted by molar-refractivity contribution is 5.55.